The van der Waals surface area contributed by atoms with E-state index in [4.69, 9.17) is 14.2 Å². The van der Waals surface area contributed by atoms with Gasteiger partial charge in [-0.15, -0.1) is 0 Å². The van der Waals surface area contributed by atoms with Crippen molar-refractivity contribution in [2.45, 2.75) is 19.0 Å². The molecule has 4 rings (SSSR count). The highest BCUT2D eigenvalue weighted by Gasteiger charge is 2.40. The number of benzene rings is 2. The minimum Gasteiger partial charge on any atom is -0.493 e. The van der Waals surface area contributed by atoms with Crippen molar-refractivity contribution in [1.29, 1.82) is 0 Å². The Labute approximate surface area is 130 Å². The molecule has 4 heteroatoms. The second kappa shape index (κ2) is 4.83. The fourth-order valence-electron chi connectivity index (χ4n) is 3.81. The zero-order valence-corrected chi connectivity index (χ0v) is 13.1. The molecule has 114 valence electrons. The molecule has 2 aromatic rings. The first-order valence-electron chi connectivity index (χ1n) is 7.44. The second-order valence-corrected chi connectivity index (χ2v) is 5.69. The summed E-state index contributed by atoms with van der Waals surface area (Å²) in [6.07, 6.45) is 1.01. The van der Waals surface area contributed by atoms with Crippen LogP contribution in [0.2, 0.25) is 0 Å². The van der Waals surface area contributed by atoms with Crippen LogP contribution in [0, 0.1) is 0 Å². The van der Waals surface area contributed by atoms with Gasteiger partial charge >= 0.3 is 0 Å². The molecule has 1 atom stereocenters. The number of hydrogen-bond donors (Lipinski definition) is 0. The Morgan fingerprint density at radius 1 is 0.955 bits per heavy atom. The number of methoxy groups -OCH3 is 3. The van der Waals surface area contributed by atoms with Crippen LogP contribution in [0.4, 0.5) is 5.69 Å². The van der Waals surface area contributed by atoms with Crippen LogP contribution in [0.15, 0.2) is 30.3 Å². The van der Waals surface area contributed by atoms with Crippen molar-refractivity contribution in [1.82, 2.24) is 0 Å². The summed E-state index contributed by atoms with van der Waals surface area (Å²) in [7, 11) is 5.01. The highest BCUT2D eigenvalue weighted by Crippen LogP contribution is 2.54. The van der Waals surface area contributed by atoms with Crippen LogP contribution in [0.5, 0.6) is 17.2 Å². The number of nitrogens with zero attached hydrogens (tertiary/aromatic N) is 1. The quantitative estimate of drug-likeness (QED) is 0.869. The average molecular weight is 297 g/mol. The summed E-state index contributed by atoms with van der Waals surface area (Å²) in [6.45, 7) is 0.883. The second-order valence-electron chi connectivity index (χ2n) is 5.69. The first kappa shape index (κ1) is 13.3. The van der Waals surface area contributed by atoms with Crippen LogP contribution in [0.1, 0.15) is 22.7 Å². The van der Waals surface area contributed by atoms with Crippen molar-refractivity contribution in [3.05, 3.63) is 47.0 Å². The maximum absolute atomic E-state index is 5.70. The smallest absolute Gasteiger partial charge is 0.203 e. The van der Waals surface area contributed by atoms with Gasteiger partial charge in [-0.2, -0.15) is 0 Å². The predicted molar refractivity (Wildman–Crippen MR) is 85.2 cm³/mol. The average Bonchev–Trinajstić information content (AvgIpc) is 3.08. The van der Waals surface area contributed by atoms with Crippen LogP contribution in [-0.4, -0.2) is 21.3 Å². The molecule has 22 heavy (non-hydrogen) atoms. The minimum atomic E-state index is 0.321. The zero-order valence-electron chi connectivity index (χ0n) is 13.1. The highest BCUT2D eigenvalue weighted by atomic mass is 16.5. The SMILES string of the molecule is COc1cc2c(c(OC)c1OC)C1Cc3ccccc3N1C2. The van der Waals surface area contributed by atoms with Gasteiger partial charge in [0.05, 0.1) is 27.4 Å². The van der Waals surface area contributed by atoms with E-state index in [-0.39, 0.29) is 0 Å². The van der Waals surface area contributed by atoms with Gasteiger partial charge in [-0.05, 0) is 29.7 Å². The summed E-state index contributed by atoms with van der Waals surface area (Å²) in [6, 6.07) is 11.0. The molecule has 4 nitrogen and oxygen atoms in total. The first-order valence-corrected chi connectivity index (χ1v) is 7.44. The van der Waals surface area contributed by atoms with Crippen molar-refractivity contribution < 1.29 is 14.2 Å². The molecule has 2 aliphatic rings. The van der Waals surface area contributed by atoms with E-state index < -0.39 is 0 Å². The van der Waals surface area contributed by atoms with Gasteiger partial charge in [0.15, 0.2) is 11.5 Å². The van der Waals surface area contributed by atoms with E-state index in [1.165, 1.54) is 22.4 Å². The largest absolute Gasteiger partial charge is 0.493 e. The van der Waals surface area contributed by atoms with E-state index in [0.717, 1.165) is 24.5 Å². The third-order valence-corrected chi connectivity index (χ3v) is 4.72. The van der Waals surface area contributed by atoms with Crippen LogP contribution in [-0.2, 0) is 13.0 Å². The monoisotopic (exact) mass is 297 g/mol. The van der Waals surface area contributed by atoms with Gasteiger partial charge in [-0.1, -0.05) is 18.2 Å². The lowest BCUT2D eigenvalue weighted by Crippen LogP contribution is -2.16. The molecule has 2 heterocycles. The summed E-state index contributed by atoms with van der Waals surface area (Å²) >= 11 is 0. The van der Waals surface area contributed by atoms with Gasteiger partial charge in [0.2, 0.25) is 5.75 Å². The molecule has 0 fully saturated rings. The molecule has 0 aromatic heterocycles. The number of para-hydroxylation sites is 1. The zero-order chi connectivity index (χ0) is 15.3. The molecule has 0 aliphatic carbocycles. The lowest BCUT2D eigenvalue weighted by atomic mass is 9.98. The van der Waals surface area contributed by atoms with Crippen LogP contribution in [0.25, 0.3) is 0 Å². The Morgan fingerprint density at radius 3 is 2.45 bits per heavy atom. The number of anilines is 1. The number of ether oxygens (including phenoxy) is 3. The standard InChI is InChI=1S/C18H19NO3/c1-20-15-9-12-10-19-13-7-5-4-6-11(13)8-14(19)16(12)18(22-3)17(15)21-2/h4-7,9,14H,8,10H2,1-3H3. The summed E-state index contributed by atoms with van der Waals surface area (Å²) in [5.74, 6) is 2.21. The predicted octanol–water partition coefficient (Wildman–Crippen LogP) is 3.33. The van der Waals surface area contributed by atoms with E-state index in [2.05, 4.69) is 35.2 Å². The van der Waals surface area contributed by atoms with Gasteiger partial charge in [0.1, 0.15) is 0 Å². The molecule has 0 spiro atoms. The summed E-state index contributed by atoms with van der Waals surface area (Å²) in [5.41, 5.74) is 5.21. The first-order chi connectivity index (χ1) is 10.8. The van der Waals surface area contributed by atoms with Crippen LogP contribution >= 0.6 is 0 Å². The Balaban J connectivity index is 1.88. The molecular weight excluding hydrogens is 278 g/mol. The van der Waals surface area contributed by atoms with E-state index in [9.17, 15) is 0 Å². The van der Waals surface area contributed by atoms with Crippen molar-refractivity contribution in [3.8, 4) is 17.2 Å². The molecule has 0 bridgehead atoms. The molecule has 0 saturated carbocycles. The Morgan fingerprint density at radius 2 is 1.73 bits per heavy atom. The minimum absolute atomic E-state index is 0.321. The Hall–Kier alpha value is -2.36. The molecule has 0 amide bonds. The fourth-order valence-corrected chi connectivity index (χ4v) is 3.81. The van der Waals surface area contributed by atoms with E-state index >= 15 is 0 Å². The number of rotatable bonds is 3. The van der Waals surface area contributed by atoms with Crippen LogP contribution < -0.4 is 19.1 Å². The lowest BCUT2D eigenvalue weighted by molar-refractivity contribution is 0.321. The normalized spacial score (nSPS) is 17.8. The molecule has 1 unspecified atom stereocenters. The van der Waals surface area contributed by atoms with Crippen molar-refractivity contribution in [3.63, 3.8) is 0 Å². The van der Waals surface area contributed by atoms with Crippen molar-refractivity contribution in [2.24, 2.45) is 0 Å². The summed E-state index contributed by atoms with van der Waals surface area (Å²) < 4.78 is 16.7. The number of hydrogen-bond acceptors (Lipinski definition) is 4. The molecule has 2 aliphatic heterocycles. The summed E-state index contributed by atoms with van der Waals surface area (Å²) in [4.78, 5) is 2.45. The Kier molecular flexibility index (Phi) is 2.93. The van der Waals surface area contributed by atoms with Crippen molar-refractivity contribution in [2.75, 3.05) is 26.2 Å². The topological polar surface area (TPSA) is 30.9 Å². The van der Waals surface area contributed by atoms with Gasteiger partial charge in [0, 0.05) is 17.8 Å². The molecule has 2 aromatic carbocycles. The molecule has 0 saturated heterocycles. The Bertz CT molecular complexity index is 741. The van der Waals surface area contributed by atoms with Gasteiger partial charge in [0.25, 0.3) is 0 Å². The van der Waals surface area contributed by atoms with Gasteiger partial charge < -0.3 is 19.1 Å². The fraction of sp³-hybridized carbons (Fsp3) is 0.333. The lowest BCUT2D eigenvalue weighted by Gasteiger charge is -2.20. The van der Waals surface area contributed by atoms with Crippen molar-refractivity contribution >= 4 is 5.69 Å². The van der Waals surface area contributed by atoms with E-state index in [0.29, 0.717) is 11.8 Å². The van der Waals surface area contributed by atoms with Gasteiger partial charge in [-0.3, -0.25) is 0 Å². The summed E-state index contributed by atoms with van der Waals surface area (Å²) in [5, 5.41) is 0. The molecule has 0 radical (unpaired) electrons. The maximum Gasteiger partial charge on any atom is 0.203 e. The number of fused-ring (bicyclic) bond motifs is 5. The van der Waals surface area contributed by atoms with Gasteiger partial charge in [-0.25, -0.2) is 0 Å². The van der Waals surface area contributed by atoms with E-state index in [1.54, 1.807) is 21.3 Å². The van der Waals surface area contributed by atoms with E-state index in [1.807, 2.05) is 0 Å². The third kappa shape index (κ3) is 1.64. The van der Waals surface area contributed by atoms with Crippen LogP contribution in [0.3, 0.4) is 0 Å². The third-order valence-electron chi connectivity index (χ3n) is 4.72. The molecular formula is C18H19NO3. The highest BCUT2D eigenvalue weighted by molar-refractivity contribution is 5.70. The molecule has 0 N–H and O–H groups in total. The maximum atomic E-state index is 5.70.